The van der Waals surface area contributed by atoms with Gasteiger partial charge in [0.05, 0.1) is 26.7 Å². The average Bonchev–Trinajstić information content (AvgIpc) is 3.16. The second-order valence-electron chi connectivity index (χ2n) is 6.50. The van der Waals surface area contributed by atoms with Crippen molar-refractivity contribution < 1.29 is 4.74 Å². The fraction of sp³-hybridized carbons (Fsp3) is 0.0435. The summed E-state index contributed by atoms with van der Waals surface area (Å²) in [6, 6.07) is 20.5. The molecule has 0 bridgehead atoms. The van der Waals surface area contributed by atoms with Crippen molar-refractivity contribution in [3.63, 3.8) is 0 Å². The highest BCUT2D eigenvalue weighted by atomic mass is 35.5. The van der Waals surface area contributed by atoms with Crippen LogP contribution in [0.4, 0.5) is 0 Å². The minimum atomic E-state index is 0.300. The molecule has 1 heterocycles. The van der Waals surface area contributed by atoms with E-state index in [-0.39, 0.29) is 0 Å². The maximum Gasteiger partial charge on any atom is 0.157 e. The van der Waals surface area contributed by atoms with Gasteiger partial charge in [-0.15, -0.1) is 0 Å². The van der Waals surface area contributed by atoms with E-state index < -0.39 is 0 Å². The van der Waals surface area contributed by atoms with Gasteiger partial charge in [-0.05, 0) is 53.6 Å². The Labute approximate surface area is 188 Å². The predicted molar refractivity (Wildman–Crippen MR) is 122 cm³/mol. The molecule has 1 N–H and O–H groups in total. The summed E-state index contributed by atoms with van der Waals surface area (Å²) < 4.78 is 5.79. The molecule has 148 valence electrons. The van der Waals surface area contributed by atoms with E-state index in [0.29, 0.717) is 44.4 Å². The molecule has 4 rings (SSSR count). The van der Waals surface area contributed by atoms with E-state index in [9.17, 15) is 5.26 Å². The maximum absolute atomic E-state index is 9.61. The molecule has 3 aromatic carbocycles. The molecule has 0 aliphatic carbocycles. The van der Waals surface area contributed by atoms with E-state index in [0.717, 1.165) is 16.6 Å². The van der Waals surface area contributed by atoms with Crippen molar-refractivity contribution in [3.05, 3.63) is 92.7 Å². The third-order valence-electron chi connectivity index (χ3n) is 4.39. The number of aromatic amines is 1. The van der Waals surface area contributed by atoms with Gasteiger partial charge in [0.1, 0.15) is 18.5 Å². The number of rotatable bonds is 5. The Bertz CT molecular complexity index is 1230. The summed E-state index contributed by atoms with van der Waals surface area (Å²) in [5, 5.41) is 11.0. The topological polar surface area (TPSA) is 61.7 Å². The number of H-pyrrole nitrogens is 1. The van der Waals surface area contributed by atoms with E-state index in [1.54, 1.807) is 30.3 Å². The number of ether oxygens (including phenoxy) is 1. The van der Waals surface area contributed by atoms with Crippen LogP contribution in [0.1, 0.15) is 17.0 Å². The summed E-state index contributed by atoms with van der Waals surface area (Å²) >= 11 is 18.7. The quantitative estimate of drug-likeness (QED) is 0.325. The number of hydrogen-bond acceptors (Lipinski definition) is 3. The van der Waals surface area contributed by atoms with Crippen LogP contribution in [0.15, 0.2) is 60.7 Å². The van der Waals surface area contributed by atoms with Crippen LogP contribution >= 0.6 is 34.8 Å². The molecule has 1 aromatic heterocycles. The Morgan fingerprint density at radius 1 is 1.03 bits per heavy atom. The second kappa shape index (κ2) is 8.81. The number of para-hydroxylation sites is 2. The number of imidazole rings is 1. The maximum atomic E-state index is 9.61. The van der Waals surface area contributed by atoms with Gasteiger partial charge in [-0.3, -0.25) is 0 Å². The van der Waals surface area contributed by atoms with E-state index in [1.807, 2.05) is 36.4 Å². The third kappa shape index (κ3) is 4.44. The van der Waals surface area contributed by atoms with Gasteiger partial charge in [0.15, 0.2) is 5.75 Å². The summed E-state index contributed by atoms with van der Waals surface area (Å²) in [6.07, 6.45) is 1.68. The molecule has 0 fully saturated rings. The lowest BCUT2D eigenvalue weighted by atomic mass is 10.1. The standard InChI is InChI=1S/C23H14Cl3N3O/c24-17-7-5-14(6-8-17)13-30-22-18(25)10-15(11-19(22)26)9-16(12-27)23-28-20-3-1-2-4-21(20)29-23/h1-11H,13H2,(H,28,29)/b16-9+. The summed E-state index contributed by atoms with van der Waals surface area (Å²) in [6.45, 7) is 0.300. The molecule has 0 amide bonds. The zero-order valence-electron chi connectivity index (χ0n) is 15.5. The summed E-state index contributed by atoms with van der Waals surface area (Å²) in [5.74, 6) is 0.863. The number of allylic oxidation sites excluding steroid dienone is 1. The predicted octanol–water partition coefficient (Wildman–Crippen LogP) is 7.17. The van der Waals surface area contributed by atoms with Gasteiger partial charge in [0.25, 0.3) is 0 Å². The minimum Gasteiger partial charge on any atom is -0.486 e. The molecule has 0 saturated carbocycles. The average molecular weight is 455 g/mol. The molecule has 0 saturated heterocycles. The molecule has 0 aliphatic rings. The van der Waals surface area contributed by atoms with E-state index in [1.165, 1.54) is 0 Å². The lowest BCUT2D eigenvalue weighted by Crippen LogP contribution is -1.97. The number of nitrogens with zero attached hydrogens (tertiary/aromatic N) is 2. The molecule has 7 heteroatoms. The number of halogens is 3. The van der Waals surface area contributed by atoms with Crippen LogP contribution in [0, 0.1) is 11.3 Å². The molecule has 0 atom stereocenters. The minimum absolute atomic E-state index is 0.300. The first-order valence-corrected chi connectivity index (χ1v) is 10.1. The van der Waals surface area contributed by atoms with Crippen LogP contribution in [0.3, 0.4) is 0 Å². The van der Waals surface area contributed by atoms with Crippen LogP contribution in [0.5, 0.6) is 5.75 Å². The molecule has 0 aliphatic heterocycles. The number of hydrogen-bond donors (Lipinski definition) is 1. The van der Waals surface area contributed by atoms with Crippen LogP contribution in [0.2, 0.25) is 15.1 Å². The Hall–Kier alpha value is -2.97. The summed E-state index contributed by atoms with van der Waals surface area (Å²) in [5.41, 5.74) is 3.62. The number of benzene rings is 3. The van der Waals surface area contributed by atoms with Crippen molar-refractivity contribution >= 4 is 57.5 Å². The monoisotopic (exact) mass is 453 g/mol. The Balaban J connectivity index is 1.59. The number of nitriles is 1. The van der Waals surface area contributed by atoms with Gasteiger partial charge >= 0.3 is 0 Å². The SMILES string of the molecule is N#C/C(=C\c1cc(Cl)c(OCc2ccc(Cl)cc2)c(Cl)c1)c1nc2ccccc2[nH]1. The van der Waals surface area contributed by atoms with E-state index >= 15 is 0 Å². The molecular weight excluding hydrogens is 441 g/mol. The molecule has 30 heavy (non-hydrogen) atoms. The smallest absolute Gasteiger partial charge is 0.157 e. The van der Waals surface area contributed by atoms with Gasteiger partial charge in [-0.1, -0.05) is 59.1 Å². The molecular formula is C23H14Cl3N3O. The molecule has 4 aromatic rings. The van der Waals surface area contributed by atoms with Crippen molar-refractivity contribution in [2.45, 2.75) is 6.61 Å². The summed E-state index contributed by atoms with van der Waals surface area (Å²) in [4.78, 5) is 7.61. The van der Waals surface area contributed by atoms with Crippen molar-refractivity contribution in [1.82, 2.24) is 9.97 Å². The van der Waals surface area contributed by atoms with E-state index in [4.69, 9.17) is 39.5 Å². The molecule has 4 nitrogen and oxygen atoms in total. The molecule has 0 unspecified atom stereocenters. The highest BCUT2D eigenvalue weighted by Gasteiger charge is 2.12. The van der Waals surface area contributed by atoms with Crippen molar-refractivity contribution in [2.24, 2.45) is 0 Å². The lowest BCUT2D eigenvalue weighted by molar-refractivity contribution is 0.306. The van der Waals surface area contributed by atoms with Gasteiger partial charge in [0, 0.05) is 5.02 Å². The van der Waals surface area contributed by atoms with Gasteiger partial charge < -0.3 is 9.72 Å². The highest BCUT2D eigenvalue weighted by Crippen LogP contribution is 2.36. The number of aromatic nitrogens is 2. The lowest BCUT2D eigenvalue weighted by Gasteiger charge is -2.11. The zero-order valence-corrected chi connectivity index (χ0v) is 17.8. The van der Waals surface area contributed by atoms with Crippen molar-refractivity contribution in [1.29, 1.82) is 5.26 Å². The van der Waals surface area contributed by atoms with Gasteiger partial charge in [-0.2, -0.15) is 5.26 Å². The van der Waals surface area contributed by atoms with E-state index in [2.05, 4.69) is 16.0 Å². The Morgan fingerprint density at radius 2 is 1.73 bits per heavy atom. The number of fused-ring (bicyclic) bond motifs is 1. The van der Waals surface area contributed by atoms with Gasteiger partial charge in [-0.25, -0.2) is 4.98 Å². The molecule has 0 radical (unpaired) electrons. The highest BCUT2D eigenvalue weighted by molar-refractivity contribution is 6.37. The van der Waals surface area contributed by atoms with Crippen LogP contribution < -0.4 is 4.74 Å². The van der Waals surface area contributed by atoms with Crippen LogP contribution in [-0.2, 0) is 6.61 Å². The largest absolute Gasteiger partial charge is 0.486 e. The summed E-state index contributed by atoms with van der Waals surface area (Å²) in [7, 11) is 0. The fourth-order valence-electron chi connectivity index (χ4n) is 2.94. The first-order chi connectivity index (χ1) is 14.5. The first kappa shape index (κ1) is 20.3. The van der Waals surface area contributed by atoms with Crippen LogP contribution in [0.25, 0.3) is 22.7 Å². The Morgan fingerprint density at radius 3 is 2.40 bits per heavy atom. The normalized spacial score (nSPS) is 11.5. The van der Waals surface area contributed by atoms with Gasteiger partial charge in [0.2, 0.25) is 0 Å². The molecule has 0 spiro atoms. The fourth-order valence-corrected chi connectivity index (χ4v) is 3.68. The van der Waals surface area contributed by atoms with Crippen molar-refractivity contribution in [3.8, 4) is 11.8 Å². The number of nitrogens with one attached hydrogen (secondary N) is 1. The second-order valence-corrected chi connectivity index (χ2v) is 7.75. The Kier molecular flexibility index (Phi) is 5.96. The zero-order chi connectivity index (χ0) is 21.1. The first-order valence-electron chi connectivity index (χ1n) is 8.96. The third-order valence-corrected chi connectivity index (χ3v) is 5.21. The van der Waals surface area contributed by atoms with Crippen molar-refractivity contribution in [2.75, 3.05) is 0 Å². The van der Waals surface area contributed by atoms with Crippen LogP contribution in [-0.4, -0.2) is 9.97 Å².